The highest BCUT2D eigenvalue weighted by atomic mass is 16.5. The monoisotopic (exact) mass is 217 g/mol. The molecule has 0 radical (unpaired) electrons. The maximum absolute atomic E-state index is 9.16. The van der Waals surface area contributed by atoms with Gasteiger partial charge in [0.15, 0.2) is 0 Å². The Morgan fingerprint density at radius 1 is 1.47 bits per heavy atom. The molecule has 0 aliphatic carbocycles. The van der Waals surface area contributed by atoms with E-state index in [1.54, 1.807) is 0 Å². The molecule has 1 fully saturated rings. The molecule has 0 saturated carbocycles. The van der Waals surface area contributed by atoms with Crippen LogP contribution in [0.1, 0.15) is 20.8 Å². The Morgan fingerprint density at radius 3 is 2.80 bits per heavy atom. The molecule has 0 aromatic carbocycles. The number of morpholine rings is 1. The van der Waals surface area contributed by atoms with E-state index in [0.29, 0.717) is 13.2 Å². The Balaban J connectivity index is 2.23. The van der Waals surface area contributed by atoms with Crippen LogP contribution in [-0.4, -0.2) is 61.2 Å². The summed E-state index contributed by atoms with van der Waals surface area (Å²) in [6.45, 7) is 10.2. The lowest BCUT2D eigenvalue weighted by Gasteiger charge is -2.34. The molecule has 1 heterocycles. The van der Waals surface area contributed by atoms with Crippen molar-refractivity contribution in [3.8, 4) is 0 Å². The molecule has 4 heteroatoms. The van der Waals surface area contributed by atoms with Crippen molar-refractivity contribution in [2.24, 2.45) is 0 Å². The van der Waals surface area contributed by atoms with E-state index in [-0.39, 0.29) is 18.2 Å². The van der Waals surface area contributed by atoms with Gasteiger partial charge in [-0.1, -0.05) is 0 Å². The van der Waals surface area contributed by atoms with Gasteiger partial charge in [0.25, 0.3) is 0 Å². The number of aliphatic hydroxyl groups is 1. The van der Waals surface area contributed by atoms with Crippen molar-refractivity contribution in [3.05, 3.63) is 0 Å². The Bertz CT molecular complexity index is 179. The van der Waals surface area contributed by atoms with E-state index in [1.165, 1.54) is 0 Å². The molecule has 15 heavy (non-hydrogen) atoms. The van der Waals surface area contributed by atoms with Crippen LogP contribution in [-0.2, 0) is 9.47 Å². The van der Waals surface area contributed by atoms with Crippen LogP contribution in [0.15, 0.2) is 0 Å². The second-order valence-electron chi connectivity index (χ2n) is 4.91. The summed E-state index contributed by atoms with van der Waals surface area (Å²) in [7, 11) is 0. The molecule has 0 bridgehead atoms. The third-order valence-corrected chi connectivity index (χ3v) is 2.47. The summed E-state index contributed by atoms with van der Waals surface area (Å²) in [4.78, 5) is 2.23. The van der Waals surface area contributed by atoms with Gasteiger partial charge in [-0.25, -0.2) is 0 Å². The highest BCUT2D eigenvalue weighted by molar-refractivity contribution is 4.74. The summed E-state index contributed by atoms with van der Waals surface area (Å²) in [6, 6.07) is 0.141. The summed E-state index contributed by atoms with van der Waals surface area (Å²) in [5.41, 5.74) is -0.0823. The first kappa shape index (κ1) is 12.9. The summed E-state index contributed by atoms with van der Waals surface area (Å²) in [5, 5.41) is 9.16. The standard InChI is InChI=1S/C11H23NO3/c1-11(2,3)15-7-5-12-4-6-14-9-10(12)8-13/h10,13H,4-9H2,1-3H3. The number of ether oxygens (including phenoxy) is 2. The van der Waals surface area contributed by atoms with Gasteiger partial charge in [-0.05, 0) is 20.8 Å². The lowest BCUT2D eigenvalue weighted by molar-refractivity contribution is -0.0579. The minimum absolute atomic E-state index is 0.0823. The first-order valence-electron chi connectivity index (χ1n) is 5.59. The molecule has 0 amide bonds. The van der Waals surface area contributed by atoms with Crippen molar-refractivity contribution < 1.29 is 14.6 Å². The fraction of sp³-hybridized carbons (Fsp3) is 1.00. The molecule has 1 aliphatic rings. The molecule has 0 aromatic heterocycles. The van der Waals surface area contributed by atoms with Gasteiger partial charge in [0.1, 0.15) is 0 Å². The molecule has 1 aliphatic heterocycles. The molecular formula is C11H23NO3. The minimum Gasteiger partial charge on any atom is -0.395 e. The van der Waals surface area contributed by atoms with E-state index in [1.807, 2.05) is 0 Å². The van der Waals surface area contributed by atoms with Crippen LogP contribution in [0, 0.1) is 0 Å². The molecule has 0 spiro atoms. The number of nitrogens with zero attached hydrogens (tertiary/aromatic N) is 1. The van der Waals surface area contributed by atoms with Crippen molar-refractivity contribution >= 4 is 0 Å². The van der Waals surface area contributed by atoms with E-state index in [4.69, 9.17) is 14.6 Å². The van der Waals surface area contributed by atoms with Crippen molar-refractivity contribution in [1.82, 2.24) is 4.90 Å². The van der Waals surface area contributed by atoms with Gasteiger partial charge in [-0.2, -0.15) is 0 Å². The number of hydrogen-bond donors (Lipinski definition) is 1. The van der Waals surface area contributed by atoms with Crippen LogP contribution in [0.4, 0.5) is 0 Å². The predicted octanol–water partition coefficient (Wildman–Crippen LogP) is 0.495. The van der Waals surface area contributed by atoms with Crippen LogP contribution in [0.3, 0.4) is 0 Å². The maximum atomic E-state index is 9.16. The lowest BCUT2D eigenvalue weighted by Crippen LogP contribution is -2.49. The van der Waals surface area contributed by atoms with Crippen LogP contribution in [0.25, 0.3) is 0 Å². The summed E-state index contributed by atoms with van der Waals surface area (Å²) < 4.78 is 11.0. The van der Waals surface area contributed by atoms with Gasteiger partial charge in [0.2, 0.25) is 0 Å². The minimum atomic E-state index is -0.0823. The van der Waals surface area contributed by atoms with Crippen LogP contribution in [0.5, 0.6) is 0 Å². The van der Waals surface area contributed by atoms with Crippen LogP contribution >= 0.6 is 0 Å². The molecule has 90 valence electrons. The Morgan fingerprint density at radius 2 is 2.20 bits per heavy atom. The molecule has 1 N–H and O–H groups in total. The zero-order valence-corrected chi connectivity index (χ0v) is 10.0. The second-order valence-corrected chi connectivity index (χ2v) is 4.91. The summed E-state index contributed by atoms with van der Waals surface area (Å²) in [5.74, 6) is 0. The Labute approximate surface area is 92.2 Å². The average Bonchev–Trinajstić information content (AvgIpc) is 2.16. The summed E-state index contributed by atoms with van der Waals surface area (Å²) >= 11 is 0. The quantitative estimate of drug-likeness (QED) is 0.744. The first-order chi connectivity index (χ1) is 7.03. The van der Waals surface area contributed by atoms with Crippen molar-refractivity contribution in [2.75, 3.05) is 39.5 Å². The highest BCUT2D eigenvalue weighted by Crippen LogP contribution is 2.09. The fourth-order valence-corrected chi connectivity index (χ4v) is 1.62. The molecule has 1 atom stereocenters. The molecule has 0 aromatic rings. The first-order valence-corrected chi connectivity index (χ1v) is 5.59. The van der Waals surface area contributed by atoms with E-state index in [2.05, 4.69) is 25.7 Å². The third-order valence-electron chi connectivity index (χ3n) is 2.47. The van der Waals surface area contributed by atoms with Gasteiger partial charge >= 0.3 is 0 Å². The Hall–Kier alpha value is -0.160. The highest BCUT2D eigenvalue weighted by Gasteiger charge is 2.22. The van der Waals surface area contributed by atoms with Crippen molar-refractivity contribution in [2.45, 2.75) is 32.4 Å². The van der Waals surface area contributed by atoms with E-state index in [0.717, 1.165) is 19.7 Å². The average molecular weight is 217 g/mol. The summed E-state index contributed by atoms with van der Waals surface area (Å²) in [6.07, 6.45) is 0. The van der Waals surface area contributed by atoms with Gasteiger partial charge in [-0.3, -0.25) is 4.90 Å². The normalized spacial score (nSPS) is 24.4. The van der Waals surface area contributed by atoms with Gasteiger partial charge in [-0.15, -0.1) is 0 Å². The third kappa shape index (κ3) is 4.93. The van der Waals surface area contributed by atoms with Crippen molar-refractivity contribution in [1.29, 1.82) is 0 Å². The lowest BCUT2D eigenvalue weighted by atomic mass is 10.2. The van der Waals surface area contributed by atoms with E-state index in [9.17, 15) is 0 Å². The fourth-order valence-electron chi connectivity index (χ4n) is 1.62. The number of aliphatic hydroxyl groups excluding tert-OH is 1. The van der Waals surface area contributed by atoms with Crippen molar-refractivity contribution in [3.63, 3.8) is 0 Å². The van der Waals surface area contributed by atoms with Gasteiger partial charge in [0.05, 0.1) is 38.1 Å². The zero-order valence-electron chi connectivity index (χ0n) is 10.0. The second kappa shape index (κ2) is 5.80. The van der Waals surface area contributed by atoms with Gasteiger partial charge < -0.3 is 14.6 Å². The molecular weight excluding hydrogens is 194 g/mol. The molecule has 1 unspecified atom stereocenters. The number of hydrogen-bond acceptors (Lipinski definition) is 4. The van der Waals surface area contributed by atoms with Crippen LogP contribution in [0.2, 0.25) is 0 Å². The number of rotatable bonds is 4. The molecule has 1 rings (SSSR count). The van der Waals surface area contributed by atoms with E-state index < -0.39 is 0 Å². The molecule has 1 saturated heterocycles. The Kier molecular flexibility index (Phi) is 4.99. The van der Waals surface area contributed by atoms with E-state index >= 15 is 0 Å². The smallest absolute Gasteiger partial charge is 0.0644 e. The molecule has 4 nitrogen and oxygen atoms in total. The maximum Gasteiger partial charge on any atom is 0.0644 e. The zero-order chi connectivity index (χ0) is 11.3. The predicted molar refractivity (Wildman–Crippen MR) is 59.0 cm³/mol. The largest absolute Gasteiger partial charge is 0.395 e. The van der Waals surface area contributed by atoms with Gasteiger partial charge in [0, 0.05) is 13.1 Å². The topological polar surface area (TPSA) is 41.9 Å². The SMILES string of the molecule is CC(C)(C)OCCN1CCOCC1CO. The van der Waals surface area contributed by atoms with Crippen LogP contribution < -0.4 is 0 Å².